The van der Waals surface area contributed by atoms with Crippen molar-refractivity contribution in [1.29, 1.82) is 0 Å². The van der Waals surface area contributed by atoms with Gasteiger partial charge < -0.3 is 19.9 Å². The van der Waals surface area contributed by atoms with E-state index in [9.17, 15) is 9.59 Å². The number of nitrogens with one attached hydrogen (secondary N) is 1. The van der Waals surface area contributed by atoms with Gasteiger partial charge in [0.15, 0.2) is 0 Å². The van der Waals surface area contributed by atoms with E-state index < -0.39 is 11.5 Å². The zero-order valence-electron chi connectivity index (χ0n) is 11.7. The Balaban J connectivity index is 2.58. The molecule has 0 fully saturated rings. The van der Waals surface area contributed by atoms with Crippen molar-refractivity contribution in [2.75, 3.05) is 7.05 Å². The molecule has 1 aromatic rings. The first-order valence-corrected chi connectivity index (χ1v) is 5.92. The molecule has 0 radical (unpaired) electrons. The second-order valence-corrected chi connectivity index (χ2v) is 5.19. The van der Waals surface area contributed by atoms with E-state index in [0.29, 0.717) is 6.54 Å². The van der Waals surface area contributed by atoms with Gasteiger partial charge in [-0.25, -0.2) is 9.78 Å². The Kier molecular flexibility index (Phi) is 4.52. The minimum absolute atomic E-state index is 0.130. The highest BCUT2D eigenvalue weighted by atomic mass is 16.4. The third-order valence-corrected chi connectivity index (χ3v) is 2.68. The van der Waals surface area contributed by atoms with Crippen LogP contribution in [0.5, 0.6) is 0 Å². The Morgan fingerprint density at radius 1 is 1.53 bits per heavy atom. The molecule has 1 aromatic heterocycles. The first-order chi connectivity index (χ1) is 8.71. The highest BCUT2D eigenvalue weighted by molar-refractivity contribution is 5.76. The summed E-state index contributed by atoms with van der Waals surface area (Å²) in [6, 6.07) is -0.325. The van der Waals surface area contributed by atoms with E-state index in [0.717, 1.165) is 5.82 Å². The van der Waals surface area contributed by atoms with E-state index in [1.165, 1.54) is 4.90 Å². The third kappa shape index (κ3) is 4.61. The topological polar surface area (TPSA) is 87.5 Å². The maximum absolute atomic E-state index is 12.0. The van der Waals surface area contributed by atoms with Gasteiger partial charge in [-0.05, 0) is 13.8 Å². The summed E-state index contributed by atoms with van der Waals surface area (Å²) < 4.78 is 1.83. The zero-order chi connectivity index (χ0) is 14.6. The van der Waals surface area contributed by atoms with Gasteiger partial charge in [0.25, 0.3) is 0 Å². The minimum Gasteiger partial charge on any atom is -0.481 e. The van der Waals surface area contributed by atoms with Crippen molar-refractivity contribution in [2.45, 2.75) is 32.4 Å². The Labute approximate surface area is 112 Å². The number of hydrogen-bond acceptors (Lipinski definition) is 3. The van der Waals surface area contributed by atoms with Crippen molar-refractivity contribution < 1.29 is 14.7 Å². The van der Waals surface area contributed by atoms with Crippen LogP contribution in [-0.4, -0.2) is 44.1 Å². The zero-order valence-corrected chi connectivity index (χ0v) is 11.7. The third-order valence-electron chi connectivity index (χ3n) is 2.68. The summed E-state index contributed by atoms with van der Waals surface area (Å²) in [7, 11) is 3.49. The van der Waals surface area contributed by atoms with Gasteiger partial charge in [-0.2, -0.15) is 0 Å². The lowest BCUT2D eigenvalue weighted by Gasteiger charge is -2.27. The van der Waals surface area contributed by atoms with Crippen molar-refractivity contribution in [3.8, 4) is 0 Å². The number of amides is 2. The molecule has 19 heavy (non-hydrogen) atoms. The predicted molar refractivity (Wildman–Crippen MR) is 69.5 cm³/mol. The molecule has 0 saturated heterocycles. The van der Waals surface area contributed by atoms with Gasteiger partial charge in [0.1, 0.15) is 5.82 Å². The number of imidazole rings is 1. The molecule has 0 aromatic carbocycles. The number of aliphatic carboxylic acids is 1. The van der Waals surface area contributed by atoms with Gasteiger partial charge >= 0.3 is 12.0 Å². The van der Waals surface area contributed by atoms with Gasteiger partial charge in [-0.15, -0.1) is 0 Å². The predicted octanol–water partition coefficient (Wildman–Crippen LogP) is 0.815. The van der Waals surface area contributed by atoms with Crippen LogP contribution in [0.1, 0.15) is 26.1 Å². The van der Waals surface area contributed by atoms with Crippen LogP contribution in [0.3, 0.4) is 0 Å². The first kappa shape index (κ1) is 15.0. The molecular weight excluding hydrogens is 248 g/mol. The molecule has 7 nitrogen and oxygen atoms in total. The van der Waals surface area contributed by atoms with Gasteiger partial charge in [-0.1, -0.05) is 0 Å². The summed E-state index contributed by atoms with van der Waals surface area (Å²) in [5, 5.41) is 11.5. The quantitative estimate of drug-likeness (QED) is 0.827. The molecule has 0 spiro atoms. The molecule has 1 rings (SSSR count). The van der Waals surface area contributed by atoms with Gasteiger partial charge in [-0.3, -0.25) is 4.79 Å². The lowest BCUT2D eigenvalue weighted by atomic mass is 10.0. The molecule has 0 unspecified atom stereocenters. The molecule has 2 amide bonds. The van der Waals surface area contributed by atoms with Crippen LogP contribution in [0.2, 0.25) is 0 Å². The molecule has 106 valence electrons. The molecule has 0 aliphatic heterocycles. The summed E-state index contributed by atoms with van der Waals surface area (Å²) in [6.45, 7) is 3.71. The molecule has 0 bridgehead atoms. The fraction of sp³-hybridized carbons (Fsp3) is 0.583. The second-order valence-electron chi connectivity index (χ2n) is 5.19. The fourth-order valence-electron chi connectivity index (χ4n) is 1.64. The summed E-state index contributed by atoms with van der Waals surface area (Å²) >= 11 is 0. The molecule has 1 heterocycles. The van der Waals surface area contributed by atoms with Crippen molar-refractivity contribution in [1.82, 2.24) is 19.8 Å². The number of carboxylic acids is 1. The average molecular weight is 268 g/mol. The van der Waals surface area contributed by atoms with E-state index in [1.54, 1.807) is 33.3 Å². The monoisotopic (exact) mass is 268 g/mol. The van der Waals surface area contributed by atoms with Crippen molar-refractivity contribution in [3.05, 3.63) is 18.2 Å². The summed E-state index contributed by atoms with van der Waals surface area (Å²) in [5.41, 5.74) is -0.793. The standard InChI is InChI=1S/C12H20N4O3/c1-12(2,7-10(17)18)14-11(19)16(4)8-9-13-5-6-15(9)3/h5-6H,7-8H2,1-4H3,(H,14,19)(H,17,18). The number of hydrogen-bond donors (Lipinski definition) is 2. The molecule has 7 heteroatoms. The number of carbonyl (C=O) groups excluding carboxylic acids is 1. The molecule has 2 N–H and O–H groups in total. The van der Waals surface area contributed by atoms with E-state index in [2.05, 4.69) is 10.3 Å². The number of nitrogens with zero attached hydrogens (tertiary/aromatic N) is 3. The smallest absolute Gasteiger partial charge is 0.317 e. The fourth-order valence-corrected chi connectivity index (χ4v) is 1.64. The summed E-state index contributed by atoms with van der Waals surface area (Å²) in [6.07, 6.45) is 3.33. The van der Waals surface area contributed by atoms with E-state index in [-0.39, 0.29) is 12.5 Å². The highest BCUT2D eigenvalue weighted by Gasteiger charge is 2.25. The lowest BCUT2D eigenvalue weighted by molar-refractivity contribution is -0.138. The minimum atomic E-state index is -0.947. The largest absolute Gasteiger partial charge is 0.481 e. The van der Waals surface area contributed by atoms with Crippen molar-refractivity contribution in [2.24, 2.45) is 7.05 Å². The van der Waals surface area contributed by atoms with Gasteiger partial charge in [0, 0.05) is 32.0 Å². The molecular formula is C12H20N4O3. The normalized spacial score (nSPS) is 11.2. The van der Waals surface area contributed by atoms with Crippen molar-refractivity contribution >= 4 is 12.0 Å². The van der Waals surface area contributed by atoms with Crippen LogP contribution in [0.25, 0.3) is 0 Å². The maximum Gasteiger partial charge on any atom is 0.317 e. The van der Waals surface area contributed by atoms with E-state index >= 15 is 0 Å². The van der Waals surface area contributed by atoms with Gasteiger partial charge in [0.05, 0.1) is 13.0 Å². The molecule has 0 aliphatic rings. The van der Waals surface area contributed by atoms with Crippen LogP contribution in [0.15, 0.2) is 12.4 Å². The highest BCUT2D eigenvalue weighted by Crippen LogP contribution is 2.09. The first-order valence-electron chi connectivity index (χ1n) is 5.92. The number of carbonyl (C=O) groups is 2. The van der Waals surface area contributed by atoms with E-state index in [4.69, 9.17) is 5.11 Å². The Morgan fingerprint density at radius 2 is 2.16 bits per heavy atom. The molecule has 0 atom stereocenters. The summed E-state index contributed by atoms with van der Waals surface area (Å²) in [4.78, 5) is 28.2. The SMILES string of the molecule is CN(Cc1nccn1C)C(=O)NC(C)(C)CC(=O)O. The van der Waals surface area contributed by atoms with Crippen LogP contribution in [0, 0.1) is 0 Å². The Morgan fingerprint density at radius 3 is 2.63 bits per heavy atom. The number of carboxylic acid groups (broad SMARTS) is 1. The van der Waals surface area contributed by atoms with Crippen LogP contribution < -0.4 is 5.32 Å². The van der Waals surface area contributed by atoms with E-state index in [1.807, 2.05) is 11.6 Å². The van der Waals surface area contributed by atoms with Crippen LogP contribution >= 0.6 is 0 Å². The molecule has 0 aliphatic carbocycles. The average Bonchev–Trinajstić information content (AvgIpc) is 2.61. The number of aryl methyl sites for hydroxylation is 1. The summed E-state index contributed by atoms with van der Waals surface area (Å²) in [5.74, 6) is -0.189. The number of aromatic nitrogens is 2. The molecule has 0 saturated carbocycles. The van der Waals surface area contributed by atoms with Crippen molar-refractivity contribution in [3.63, 3.8) is 0 Å². The lowest BCUT2D eigenvalue weighted by Crippen LogP contribution is -2.49. The Hall–Kier alpha value is -2.05. The van der Waals surface area contributed by atoms with Crippen LogP contribution in [-0.2, 0) is 18.4 Å². The second kappa shape index (κ2) is 5.73. The number of urea groups is 1. The van der Waals surface area contributed by atoms with Crippen LogP contribution in [0.4, 0.5) is 4.79 Å². The maximum atomic E-state index is 12.0. The Bertz CT molecular complexity index is 467. The van der Waals surface area contributed by atoms with Gasteiger partial charge in [0.2, 0.25) is 0 Å². The number of rotatable bonds is 5.